The summed E-state index contributed by atoms with van der Waals surface area (Å²) in [6.45, 7) is 4.88. The molecule has 0 spiro atoms. The Bertz CT molecular complexity index is 170. The molecule has 0 aromatic heterocycles. The predicted octanol–water partition coefficient (Wildman–Crippen LogP) is 3.91. The monoisotopic (exact) mass is 242 g/mol. The van der Waals surface area contributed by atoms with Crippen LogP contribution in [0.3, 0.4) is 0 Å². The van der Waals surface area contributed by atoms with E-state index in [2.05, 4.69) is 6.92 Å². The molecule has 0 aromatic carbocycles. The molecule has 1 aliphatic rings. The Labute approximate surface area is 107 Å². The van der Waals surface area contributed by atoms with E-state index in [0.717, 1.165) is 25.2 Å². The van der Waals surface area contributed by atoms with E-state index >= 15 is 0 Å². The van der Waals surface area contributed by atoms with Crippen molar-refractivity contribution in [1.82, 2.24) is 0 Å². The molecular formula is C15H30O2. The third-order valence-corrected chi connectivity index (χ3v) is 3.98. The van der Waals surface area contributed by atoms with Crippen molar-refractivity contribution >= 4 is 0 Å². The molecule has 0 heterocycles. The van der Waals surface area contributed by atoms with Crippen molar-refractivity contribution in [3.05, 3.63) is 0 Å². The summed E-state index contributed by atoms with van der Waals surface area (Å²) in [5.74, 6) is 0.863. The van der Waals surface area contributed by atoms with Gasteiger partial charge in [-0.05, 0) is 32.1 Å². The maximum absolute atomic E-state index is 10.2. The fraction of sp³-hybridized carbons (Fsp3) is 1.00. The first-order valence-corrected chi connectivity index (χ1v) is 7.57. The molecule has 1 saturated carbocycles. The van der Waals surface area contributed by atoms with Gasteiger partial charge < -0.3 is 9.84 Å². The van der Waals surface area contributed by atoms with Crippen LogP contribution in [0.4, 0.5) is 0 Å². The topological polar surface area (TPSA) is 29.5 Å². The van der Waals surface area contributed by atoms with Crippen molar-refractivity contribution in [2.24, 2.45) is 5.92 Å². The third-order valence-electron chi connectivity index (χ3n) is 3.98. The van der Waals surface area contributed by atoms with Gasteiger partial charge in [-0.2, -0.15) is 0 Å². The van der Waals surface area contributed by atoms with E-state index in [0.29, 0.717) is 6.61 Å². The first-order chi connectivity index (χ1) is 8.27. The van der Waals surface area contributed by atoms with Crippen LogP contribution in [0.15, 0.2) is 0 Å². The smallest absolute Gasteiger partial charge is 0.0833 e. The van der Waals surface area contributed by atoms with E-state index in [9.17, 15) is 5.11 Å². The van der Waals surface area contributed by atoms with Crippen LogP contribution in [0, 0.1) is 5.92 Å². The van der Waals surface area contributed by atoms with Crippen molar-refractivity contribution in [1.29, 1.82) is 0 Å². The molecule has 2 atom stereocenters. The van der Waals surface area contributed by atoms with Gasteiger partial charge in [0.2, 0.25) is 0 Å². The molecular weight excluding hydrogens is 212 g/mol. The summed E-state index contributed by atoms with van der Waals surface area (Å²) in [4.78, 5) is 0. The molecule has 102 valence electrons. The standard InChI is InChI=1S/C15H30O2/c1-3-8-15(17-4-2)14(16)12-11-13-9-6-5-7-10-13/h13-16H,3-12H2,1-2H3. The molecule has 0 radical (unpaired) electrons. The molecule has 2 heteroatoms. The summed E-state index contributed by atoms with van der Waals surface area (Å²) in [7, 11) is 0. The van der Waals surface area contributed by atoms with E-state index in [4.69, 9.17) is 4.74 Å². The fourth-order valence-corrected chi connectivity index (χ4v) is 2.95. The number of hydrogen-bond donors (Lipinski definition) is 1. The van der Waals surface area contributed by atoms with E-state index in [1.807, 2.05) is 6.92 Å². The molecule has 0 bridgehead atoms. The summed E-state index contributed by atoms with van der Waals surface area (Å²) in [6.07, 6.45) is 10.9. The van der Waals surface area contributed by atoms with Gasteiger partial charge in [-0.15, -0.1) is 0 Å². The molecule has 1 N–H and O–H groups in total. The summed E-state index contributed by atoms with van der Waals surface area (Å²) in [6, 6.07) is 0. The second-order valence-electron chi connectivity index (χ2n) is 5.43. The number of aliphatic hydroxyl groups is 1. The Morgan fingerprint density at radius 1 is 1.12 bits per heavy atom. The molecule has 1 rings (SSSR count). The second kappa shape index (κ2) is 8.93. The van der Waals surface area contributed by atoms with Crippen LogP contribution in [0.5, 0.6) is 0 Å². The summed E-state index contributed by atoms with van der Waals surface area (Å²) >= 11 is 0. The summed E-state index contributed by atoms with van der Waals surface area (Å²) in [5.41, 5.74) is 0. The van der Waals surface area contributed by atoms with Crippen molar-refractivity contribution in [3.8, 4) is 0 Å². The highest BCUT2D eigenvalue weighted by molar-refractivity contribution is 4.73. The Hall–Kier alpha value is -0.0800. The third kappa shape index (κ3) is 5.87. The zero-order chi connectivity index (χ0) is 12.5. The molecule has 0 aromatic rings. The van der Waals surface area contributed by atoms with Crippen LogP contribution < -0.4 is 0 Å². The summed E-state index contributed by atoms with van der Waals surface area (Å²) in [5, 5.41) is 10.2. The highest BCUT2D eigenvalue weighted by atomic mass is 16.5. The minimum absolute atomic E-state index is 0.0635. The zero-order valence-electron chi connectivity index (χ0n) is 11.7. The lowest BCUT2D eigenvalue weighted by Crippen LogP contribution is -2.29. The quantitative estimate of drug-likeness (QED) is 0.699. The van der Waals surface area contributed by atoms with E-state index in [-0.39, 0.29) is 12.2 Å². The van der Waals surface area contributed by atoms with Crippen LogP contribution in [0.1, 0.15) is 71.6 Å². The fourth-order valence-electron chi connectivity index (χ4n) is 2.95. The van der Waals surface area contributed by atoms with E-state index in [1.165, 1.54) is 38.5 Å². The number of aliphatic hydroxyl groups excluding tert-OH is 1. The van der Waals surface area contributed by atoms with Gasteiger partial charge in [-0.25, -0.2) is 0 Å². The number of rotatable bonds is 8. The van der Waals surface area contributed by atoms with Gasteiger partial charge in [-0.3, -0.25) is 0 Å². The van der Waals surface area contributed by atoms with Gasteiger partial charge in [0.05, 0.1) is 12.2 Å². The van der Waals surface area contributed by atoms with Gasteiger partial charge in [0, 0.05) is 6.61 Å². The Balaban J connectivity index is 2.22. The van der Waals surface area contributed by atoms with E-state index < -0.39 is 0 Å². The summed E-state index contributed by atoms with van der Waals surface area (Å²) < 4.78 is 5.63. The lowest BCUT2D eigenvalue weighted by Gasteiger charge is -2.26. The highest BCUT2D eigenvalue weighted by Crippen LogP contribution is 2.28. The van der Waals surface area contributed by atoms with Crippen LogP contribution in [-0.4, -0.2) is 23.9 Å². The minimum atomic E-state index is -0.253. The minimum Gasteiger partial charge on any atom is -0.390 e. The molecule has 1 aliphatic carbocycles. The van der Waals surface area contributed by atoms with Crippen molar-refractivity contribution in [3.63, 3.8) is 0 Å². The Kier molecular flexibility index (Phi) is 7.87. The van der Waals surface area contributed by atoms with Crippen LogP contribution in [0.25, 0.3) is 0 Å². The first-order valence-electron chi connectivity index (χ1n) is 7.57. The van der Waals surface area contributed by atoms with Crippen molar-refractivity contribution in [2.45, 2.75) is 83.8 Å². The van der Waals surface area contributed by atoms with Crippen LogP contribution in [0.2, 0.25) is 0 Å². The Morgan fingerprint density at radius 2 is 1.82 bits per heavy atom. The maximum atomic E-state index is 10.2. The van der Waals surface area contributed by atoms with Gasteiger partial charge in [0.15, 0.2) is 0 Å². The average molecular weight is 242 g/mol. The van der Waals surface area contributed by atoms with Crippen LogP contribution in [-0.2, 0) is 4.74 Å². The lowest BCUT2D eigenvalue weighted by atomic mass is 9.85. The first kappa shape index (κ1) is 15.0. The van der Waals surface area contributed by atoms with Gasteiger partial charge in [0.25, 0.3) is 0 Å². The largest absolute Gasteiger partial charge is 0.390 e. The molecule has 0 amide bonds. The van der Waals surface area contributed by atoms with Gasteiger partial charge in [-0.1, -0.05) is 45.4 Å². The normalized spacial score (nSPS) is 21.4. The molecule has 2 nitrogen and oxygen atoms in total. The zero-order valence-corrected chi connectivity index (χ0v) is 11.7. The lowest BCUT2D eigenvalue weighted by molar-refractivity contribution is -0.0425. The van der Waals surface area contributed by atoms with Gasteiger partial charge in [0.1, 0.15) is 0 Å². The SMILES string of the molecule is CCCC(OCC)C(O)CCC1CCCCC1. The molecule has 17 heavy (non-hydrogen) atoms. The van der Waals surface area contributed by atoms with Crippen LogP contribution >= 0.6 is 0 Å². The Morgan fingerprint density at radius 3 is 2.41 bits per heavy atom. The van der Waals surface area contributed by atoms with Crippen molar-refractivity contribution in [2.75, 3.05) is 6.61 Å². The average Bonchev–Trinajstić information content (AvgIpc) is 2.37. The number of ether oxygens (including phenoxy) is 1. The molecule has 0 aliphatic heterocycles. The maximum Gasteiger partial charge on any atom is 0.0833 e. The highest BCUT2D eigenvalue weighted by Gasteiger charge is 2.21. The molecule has 1 fully saturated rings. The molecule has 2 unspecified atom stereocenters. The predicted molar refractivity (Wildman–Crippen MR) is 72.1 cm³/mol. The van der Waals surface area contributed by atoms with Crippen molar-refractivity contribution < 1.29 is 9.84 Å². The molecule has 0 saturated heterocycles. The number of hydrogen-bond acceptors (Lipinski definition) is 2. The van der Waals surface area contributed by atoms with E-state index in [1.54, 1.807) is 0 Å². The van der Waals surface area contributed by atoms with Gasteiger partial charge >= 0.3 is 0 Å². The second-order valence-corrected chi connectivity index (χ2v) is 5.43.